The van der Waals surface area contributed by atoms with E-state index in [1.807, 2.05) is 11.8 Å². The molecule has 2 unspecified atom stereocenters. The van der Waals surface area contributed by atoms with Crippen LogP contribution in [0.3, 0.4) is 0 Å². The van der Waals surface area contributed by atoms with Gasteiger partial charge in [0, 0.05) is 29.3 Å². The first-order valence-electron chi connectivity index (χ1n) is 9.95. The van der Waals surface area contributed by atoms with Crippen LogP contribution in [0.25, 0.3) is 0 Å². The number of carbonyl (C=O) groups excluding carboxylic acids is 2. The highest BCUT2D eigenvalue weighted by molar-refractivity contribution is 9.09. The van der Waals surface area contributed by atoms with Crippen molar-refractivity contribution in [2.24, 2.45) is 0 Å². The Hall–Kier alpha value is -0.550. The van der Waals surface area contributed by atoms with Crippen molar-refractivity contribution in [3.05, 3.63) is 0 Å². The molecular formula is C18H32BrN3O5S. The Morgan fingerprint density at radius 3 is 2.54 bits per heavy atom. The molecule has 8 nitrogen and oxygen atoms in total. The molecule has 2 fully saturated rings. The summed E-state index contributed by atoms with van der Waals surface area (Å²) in [5.41, 5.74) is 0. The average molecular weight is 482 g/mol. The van der Waals surface area contributed by atoms with Crippen LogP contribution in [0, 0.1) is 0 Å². The van der Waals surface area contributed by atoms with E-state index in [1.165, 1.54) is 0 Å². The van der Waals surface area contributed by atoms with Crippen molar-refractivity contribution in [3.63, 3.8) is 0 Å². The van der Waals surface area contributed by atoms with Gasteiger partial charge in [-0.3, -0.25) is 4.79 Å². The molecule has 0 aromatic heterocycles. The van der Waals surface area contributed by atoms with Gasteiger partial charge in [0.05, 0.1) is 51.7 Å². The summed E-state index contributed by atoms with van der Waals surface area (Å²) >= 11 is 5.20. The van der Waals surface area contributed by atoms with E-state index in [0.717, 1.165) is 30.3 Å². The number of alkyl halides is 1. The molecule has 2 heterocycles. The SMILES string of the molecule is O=C(CCCC[C@@H]1SCC2NC(=O)NC21)NCCOCCOCCOCCBr. The van der Waals surface area contributed by atoms with Crippen molar-refractivity contribution < 1.29 is 23.8 Å². The number of fused-ring (bicyclic) bond motifs is 1. The van der Waals surface area contributed by atoms with E-state index in [1.54, 1.807) is 0 Å². The Bertz CT molecular complexity index is 475. The fraction of sp³-hybridized carbons (Fsp3) is 0.889. The predicted octanol–water partition coefficient (Wildman–Crippen LogP) is 1.27. The number of nitrogens with one attached hydrogen (secondary N) is 3. The van der Waals surface area contributed by atoms with Gasteiger partial charge in [-0.1, -0.05) is 22.4 Å². The topological polar surface area (TPSA) is 97.9 Å². The normalized spacial score (nSPS) is 23.3. The molecule has 0 aromatic carbocycles. The van der Waals surface area contributed by atoms with Gasteiger partial charge < -0.3 is 30.2 Å². The highest BCUT2D eigenvalue weighted by Crippen LogP contribution is 2.33. The molecule has 3 atom stereocenters. The van der Waals surface area contributed by atoms with E-state index < -0.39 is 0 Å². The van der Waals surface area contributed by atoms with E-state index in [0.29, 0.717) is 57.9 Å². The Balaban J connectivity index is 1.34. The molecule has 0 radical (unpaired) electrons. The zero-order valence-corrected chi connectivity index (χ0v) is 18.7. The Labute approximate surface area is 179 Å². The van der Waals surface area contributed by atoms with Crippen LogP contribution in [-0.2, 0) is 19.0 Å². The maximum absolute atomic E-state index is 11.8. The molecule has 162 valence electrons. The van der Waals surface area contributed by atoms with Crippen LogP contribution in [0.4, 0.5) is 4.79 Å². The molecule has 2 saturated heterocycles. The summed E-state index contributed by atoms with van der Waals surface area (Å²) in [6.45, 7) is 3.90. The van der Waals surface area contributed by atoms with Gasteiger partial charge in [-0.2, -0.15) is 11.8 Å². The predicted molar refractivity (Wildman–Crippen MR) is 113 cm³/mol. The van der Waals surface area contributed by atoms with Crippen molar-refractivity contribution in [2.75, 3.05) is 57.3 Å². The smallest absolute Gasteiger partial charge is 0.315 e. The standard InChI is InChI=1S/C18H32BrN3O5S/c19-5-7-25-9-11-27-12-10-26-8-6-20-16(23)4-2-1-3-15-17-14(13-28-15)21-18(24)22-17/h14-15,17H,1-13H2,(H,20,23)(H2,21,22,24)/t14?,15-,17?/m0/s1. The number of halogens is 1. The van der Waals surface area contributed by atoms with E-state index in [2.05, 4.69) is 31.9 Å². The van der Waals surface area contributed by atoms with Crippen LogP contribution in [-0.4, -0.2) is 86.5 Å². The quantitative estimate of drug-likeness (QED) is 0.174. The fourth-order valence-electron chi connectivity index (χ4n) is 3.22. The second kappa shape index (κ2) is 14.4. The lowest BCUT2D eigenvalue weighted by molar-refractivity contribution is -0.121. The number of hydrogen-bond donors (Lipinski definition) is 3. The number of urea groups is 1. The van der Waals surface area contributed by atoms with Crippen LogP contribution >= 0.6 is 27.7 Å². The van der Waals surface area contributed by atoms with Gasteiger partial charge in [0.2, 0.25) is 5.91 Å². The van der Waals surface area contributed by atoms with Crippen molar-refractivity contribution in [1.82, 2.24) is 16.0 Å². The van der Waals surface area contributed by atoms with E-state index in [9.17, 15) is 9.59 Å². The van der Waals surface area contributed by atoms with Crippen molar-refractivity contribution in [2.45, 2.75) is 43.0 Å². The van der Waals surface area contributed by atoms with Crippen LogP contribution in [0.5, 0.6) is 0 Å². The van der Waals surface area contributed by atoms with Crippen molar-refractivity contribution in [3.8, 4) is 0 Å². The van der Waals surface area contributed by atoms with Gasteiger partial charge in [-0.15, -0.1) is 0 Å². The number of unbranched alkanes of at least 4 members (excludes halogenated alkanes) is 1. The third kappa shape index (κ3) is 9.30. The molecule has 0 spiro atoms. The lowest BCUT2D eigenvalue weighted by atomic mass is 10.0. The summed E-state index contributed by atoms with van der Waals surface area (Å²) in [5.74, 6) is 1.04. The Morgan fingerprint density at radius 2 is 1.79 bits per heavy atom. The number of amides is 3. The molecule has 28 heavy (non-hydrogen) atoms. The molecule has 0 saturated carbocycles. The first-order valence-corrected chi connectivity index (χ1v) is 12.1. The fourth-order valence-corrected chi connectivity index (χ4v) is 4.99. The molecule has 3 amide bonds. The zero-order valence-electron chi connectivity index (χ0n) is 16.3. The summed E-state index contributed by atoms with van der Waals surface area (Å²) < 4.78 is 16.1. The van der Waals surface area contributed by atoms with Gasteiger partial charge in [0.1, 0.15) is 0 Å². The van der Waals surface area contributed by atoms with Crippen LogP contribution < -0.4 is 16.0 Å². The highest BCUT2D eigenvalue weighted by atomic mass is 79.9. The van der Waals surface area contributed by atoms with Gasteiger partial charge in [0.15, 0.2) is 0 Å². The minimum atomic E-state index is -0.0484. The summed E-state index contributed by atoms with van der Waals surface area (Å²) in [5, 5.41) is 10.1. The average Bonchev–Trinajstić information content (AvgIpc) is 3.22. The molecule has 0 aliphatic carbocycles. The number of carbonyl (C=O) groups is 2. The first kappa shape index (κ1) is 23.7. The molecule has 3 N–H and O–H groups in total. The molecule has 0 bridgehead atoms. The molecule has 0 aromatic rings. The lowest BCUT2D eigenvalue weighted by Gasteiger charge is -2.16. The largest absolute Gasteiger partial charge is 0.378 e. The first-order chi connectivity index (χ1) is 13.7. The number of ether oxygens (including phenoxy) is 3. The van der Waals surface area contributed by atoms with Crippen molar-refractivity contribution in [1.29, 1.82) is 0 Å². The zero-order chi connectivity index (χ0) is 20.0. The second-order valence-corrected chi connectivity index (χ2v) is 8.81. The minimum Gasteiger partial charge on any atom is -0.378 e. The van der Waals surface area contributed by atoms with Crippen LogP contribution in [0.2, 0.25) is 0 Å². The summed E-state index contributed by atoms with van der Waals surface area (Å²) in [4.78, 5) is 23.2. The molecular weight excluding hydrogens is 450 g/mol. The van der Waals surface area contributed by atoms with E-state index >= 15 is 0 Å². The Morgan fingerprint density at radius 1 is 1.07 bits per heavy atom. The summed E-state index contributed by atoms with van der Waals surface area (Å²) in [6.07, 6.45) is 3.43. The Kier molecular flexibility index (Phi) is 12.2. The van der Waals surface area contributed by atoms with Gasteiger partial charge in [-0.05, 0) is 12.8 Å². The number of thioether (sulfide) groups is 1. The van der Waals surface area contributed by atoms with Crippen LogP contribution in [0.15, 0.2) is 0 Å². The lowest BCUT2D eigenvalue weighted by Crippen LogP contribution is -2.36. The minimum absolute atomic E-state index is 0.0484. The molecule has 10 heteroatoms. The van der Waals surface area contributed by atoms with Gasteiger partial charge >= 0.3 is 6.03 Å². The maximum atomic E-state index is 11.8. The molecule has 2 aliphatic heterocycles. The van der Waals surface area contributed by atoms with E-state index in [4.69, 9.17) is 14.2 Å². The van der Waals surface area contributed by atoms with Gasteiger partial charge in [-0.25, -0.2) is 4.79 Å². The third-order valence-electron chi connectivity index (χ3n) is 4.61. The maximum Gasteiger partial charge on any atom is 0.315 e. The summed E-state index contributed by atoms with van der Waals surface area (Å²) in [7, 11) is 0. The highest BCUT2D eigenvalue weighted by Gasteiger charge is 2.42. The molecule has 2 rings (SSSR count). The number of rotatable bonds is 16. The number of hydrogen-bond acceptors (Lipinski definition) is 6. The monoisotopic (exact) mass is 481 g/mol. The van der Waals surface area contributed by atoms with E-state index in [-0.39, 0.29) is 24.0 Å². The second-order valence-electron chi connectivity index (χ2n) is 6.74. The van der Waals surface area contributed by atoms with Crippen molar-refractivity contribution >= 4 is 39.6 Å². The third-order valence-corrected chi connectivity index (χ3v) is 6.45. The molecule has 2 aliphatic rings. The van der Waals surface area contributed by atoms with Gasteiger partial charge in [0.25, 0.3) is 0 Å². The summed E-state index contributed by atoms with van der Waals surface area (Å²) in [6, 6.07) is 0.464. The van der Waals surface area contributed by atoms with Crippen LogP contribution in [0.1, 0.15) is 25.7 Å².